The maximum Gasteiger partial charge on any atom is 0.328 e. The average Bonchev–Trinajstić information content (AvgIpc) is 2.33. The lowest BCUT2D eigenvalue weighted by Crippen LogP contribution is -2.34. The standard InChI is InChI=1S/C16H22BrNO2/c1-11(2)10-18(12(3)4)14-7-5-13(15(17)9-14)6-8-16(19)20/h5-9,11-12H,10H2,1-4H3,(H,19,20)/b8-6+. The fraction of sp³-hybridized carbons (Fsp3) is 0.438. The van der Waals surface area contributed by atoms with Gasteiger partial charge in [-0.05, 0) is 43.5 Å². The molecule has 0 atom stereocenters. The minimum atomic E-state index is -0.940. The Bertz CT molecular complexity index is 495. The quantitative estimate of drug-likeness (QED) is 0.780. The van der Waals surface area contributed by atoms with E-state index in [9.17, 15) is 4.79 Å². The molecule has 0 unspecified atom stereocenters. The van der Waals surface area contributed by atoms with Crippen LogP contribution in [-0.2, 0) is 4.79 Å². The van der Waals surface area contributed by atoms with Crippen LogP contribution in [0.1, 0.15) is 33.3 Å². The summed E-state index contributed by atoms with van der Waals surface area (Å²) < 4.78 is 0.905. The smallest absolute Gasteiger partial charge is 0.328 e. The average molecular weight is 340 g/mol. The van der Waals surface area contributed by atoms with Gasteiger partial charge in [-0.1, -0.05) is 35.8 Å². The Morgan fingerprint density at radius 3 is 2.45 bits per heavy atom. The van der Waals surface area contributed by atoms with E-state index >= 15 is 0 Å². The number of carboxylic acid groups (broad SMARTS) is 1. The van der Waals surface area contributed by atoms with Crippen molar-refractivity contribution < 1.29 is 9.90 Å². The summed E-state index contributed by atoms with van der Waals surface area (Å²) in [7, 11) is 0. The molecule has 110 valence electrons. The molecule has 1 rings (SSSR count). The van der Waals surface area contributed by atoms with E-state index in [2.05, 4.69) is 48.5 Å². The van der Waals surface area contributed by atoms with Crippen molar-refractivity contribution in [2.24, 2.45) is 5.92 Å². The van der Waals surface area contributed by atoms with Crippen LogP contribution in [0.15, 0.2) is 28.7 Å². The third kappa shape index (κ3) is 5.00. The molecule has 0 aliphatic heterocycles. The Kier molecular flexibility index (Phi) is 6.27. The van der Waals surface area contributed by atoms with Gasteiger partial charge in [-0.15, -0.1) is 0 Å². The molecule has 0 radical (unpaired) electrons. The van der Waals surface area contributed by atoms with E-state index in [4.69, 9.17) is 5.11 Å². The number of anilines is 1. The SMILES string of the molecule is CC(C)CN(c1ccc(/C=C/C(=O)O)c(Br)c1)C(C)C. The zero-order chi connectivity index (χ0) is 15.3. The van der Waals surface area contributed by atoms with Crippen LogP contribution in [0, 0.1) is 5.92 Å². The molecule has 0 spiro atoms. The first kappa shape index (κ1) is 16.8. The molecule has 0 amide bonds. The summed E-state index contributed by atoms with van der Waals surface area (Å²) in [6.07, 6.45) is 2.74. The lowest BCUT2D eigenvalue weighted by Gasteiger charge is -2.31. The van der Waals surface area contributed by atoms with Crippen molar-refractivity contribution in [1.29, 1.82) is 0 Å². The van der Waals surface area contributed by atoms with Crippen LogP contribution < -0.4 is 4.90 Å². The van der Waals surface area contributed by atoms with E-state index in [0.717, 1.165) is 28.3 Å². The van der Waals surface area contributed by atoms with Gasteiger partial charge in [0.15, 0.2) is 0 Å². The van der Waals surface area contributed by atoms with Gasteiger partial charge in [0.25, 0.3) is 0 Å². The monoisotopic (exact) mass is 339 g/mol. The molecule has 0 aromatic heterocycles. The van der Waals surface area contributed by atoms with Gasteiger partial charge in [0.1, 0.15) is 0 Å². The minimum Gasteiger partial charge on any atom is -0.478 e. The summed E-state index contributed by atoms with van der Waals surface area (Å²) in [6, 6.07) is 6.44. The second-order valence-corrected chi connectivity index (χ2v) is 6.37. The van der Waals surface area contributed by atoms with Gasteiger partial charge < -0.3 is 10.0 Å². The lowest BCUT2D eigenvalue weighted by molar-refractivity contribution is -0.131. The molecular formula is C16H22BrNO2. The molecule has 1 N–H and O–H groups in total. The number of hydrogen-bond acceptors (Lipinski definition) is 2. The molecular weight excluding hydrogens is 318 g/mol. The van der Waals surface area contributed by atoms with E-state index < -0.39 is 5.97 Å². The molecule has 0 fully saturated rings. The molecule has 3 nitrogen and oxygen atoms in total. The highest BCUT2D eigenvalue weighted by molar-refractivity contribution is 9.10. The van der Waals surface area contributed by atoms with Gasteiger partial charge >= 0.3 is 5.97 Å². The first-order valence-electron chi connectivity index (χ1n) is 6.78. The number of rotatable bonds is 6. The molecule has 1 aromatic rings. The Hall–Kier alpha value is -1.29. The molecule has 1 aromatic carbocycles. The molecule has 20 heavy (non-hydrogen) atoms. The summed E-state index contributed by atoms with van der Waals surface area (Å²) in [6.45, 7) is 9.75. The molecule has 0 aliphatic carbocycles. The van der Waals surface area contributed by atoms with Crippen molar-refractivity contribution in [2.45, 2.75) is 33.7 Å². The largest absolute Gasteiger partial charge is 0.478 e. The van der Waals surface area contributed by atoms with Gasteiger partial charge in [-0.3, -0.25) is 0 Å². The Morgan fingerprint density at radius 1 is 1.35 bits per heavy atom. The minimum absolute atomic E-state index is 0.421. The third-order valence-electron chi connectivity index (χ3n) is 2.91. The maximum atomic E-state index is 10.6. The zero-order valence-corrected chi connectivity index (χ0v) is 14.0. The van der Waals surface area contributed by atoms with Crippen LogP contribution in [0.4, 0.5) is 5.69 Å². The Morgan fingerprint density at radius 2 is 2.00 bits per heavy atom. The van der Waals surface area contributed by atoms with Crippen LogP contribution in [0.2, 0.25) is 0 Å². The maximum absolute atomic E-state index is 10.6. The first-order valence-corrected chi connectivity index (χ1v) is 7.57. The normalized spacial score (nSPS) is 11.6. The Labute approximate surface area is 129 Å². The van der Waals surface area contributed by atoms with Gasteiger partial charge in [0.05, 0.1) is 0 Å². The summed E-state index contributed by atoms with van der Waals surface area (Å²) in [4.78, 5) is 12.9. The van der Waals surface area contributed by atoms with Gasteiger partial charge in [0, 0.05) is 28.8 Å². The number of halogens is 1. The van der Waals surface area contributed by atoms with Crippen LogP contribution in [-0.4, -0.2) is 23.7 Å². The Balaban J connectivity index is 3.02. The molecule has 4 heteroatoms. The number of aliphatic carboxylic acids is 1. The highest BCUT2D eigenvalue weighted by atomic mass is 79.9. The number of benzene rings is 1. The molecule has 0 heterocycles. The fourth-order valence-electron chi connectivity index (χ4n) is 2.00. The van der Waals surface area contributed by atoms with Crippen molar-refractivity contribution in [3.8, 4) is 0 Å². The predicted molar refractivity (Wildman–Crippen MR) is 88.1 cm³/mol. The molecule has 0 saturated heterocycles. The van der Waals surface area contributed by atoms with Crippen molar-refractivity contribution >= 4 is 33.7 Å². The number of hydrogen-bond donors (Lipinski definition) is 1. The molecule has 0 aliphatic rings. The lowest BCUT2D eigenvalue weighted by atomic mass is 10.1. The van der Waals surface area contributed by atoms with Gasteiger partial charge in [0.2, 0.25) is 0 Å². The highest BCUT2D eigenvalue weighted by Gasteiger charge is 2.13. The van der Waals surface area contributed by atoms with E-state index in [1.165, 1.54) is 0 Å². The summed E-state index contributed by atoms with van der Waals surface area (Å²) in [5, 5.41) is 8.67. The van der Waals surface area contributed by atoms with E-state index in [-0.39, 0.29) is 0 Å². The second-order valence-electron chi connectivity index (χ2n) is 5.52. The van der Waals surface area contributed by atoms with Crippen molar-refractivity contribution in [2.75, 3.05) is 11.4 Å². The van der Waals surface area contributed by atoms with E-state index in [1.807, 2.05) is 18.2 Å². The number of nitrogens with zero attached hydrogens (tertiary/aromatic N) is 1. The van der Waals surface area contributed by atoms with Crippen LogP contribution in [0.25, 0.3) is 6.08 Å². The predicted octanol–water partition coefficient (Wildman–Crippen LogP) is 4.42. The zero-order valence-electron chi connectivity index (χ0n) is 12.4. The van der Waals surface area contributed by atoms with Crippen LogP contribution >= 0.6 is 15.9 Å². The van der Waals surface area contributed by atoms with E-state index in [0.29, 0.717) is 12.0 Å². The summed E-state index contributed by atoms with van der Waals surface area (Å²) in [5.74, 6) is -0.354. The molecule has 0 bridgehead atoms. The van der Waals surface area contributed by atoms with Crippen molar-refractivity contribution in [3.63, 3.8) is 0 Å². The van der Waals surface area contributed by atoms with Crippen molar-refractivity contribution in [3.05, 3.63) is 34.3 Å². The molecule has 0 saturated carbocycles. The fourth-order valence-corrected chi connectivity index (χ4v) is 2.50. The van der Waals surface area contributed by atoms with E-state index in [1.54, 1.807) is 6.08 Å². The number of carboxylic acids is 1. The first-order chi connectivity index (χ1) is 9.31. The number of carbonyl (C=O) groups is 1. The second kappa shape index (κ2) is 7.48. The van der Waals surface area contributed by atoms with Gasteiger partial charge in [-0.25, -0.2) is 4.79 Å². The summed E-state index contributed by atoms with van der Waals surface area (Å²) >= 11 is 3.51. The van der Waals surface area contributed by atoms with Crippen LogP contribution in [0.3, 0.4) is 0 Å². The summed E-state index contributed by atoms with van der Waals surface area (Å²) in [5.41, 5.74) is 2.01. The third-order valence-corrected chi connectivity index (χ3v) is 3.59. The van der Waals surface area contributed by atoms with Crippen molar-refractivity contribution in [1.82, 2.24) is 0 Å². The topological polar surface area (TPSA) is 40.5 Å². The van der Waals surface area contributed by atoms with Gasteiger partial charge in [-0.2, -0.15) is 0 Å². The van der Waals surface area contributed by atoms with Crippen LogP contribution in [0.5, 0.6) is 0 Å². The highest BCUT2D eigenvalue weighted by Crippen LogP contribution is 2.27.